The Hall–Kier alpha value is -1.82. The van der Waals surface area contributed by atoms with E-state index in [2.05, 4.69) is 0 Å². The Morgan fingerprint density at radius 3 is 2.81 bits per heavy atom. The highest BCUT2D eigenvalue weighted by Crippen LogP contribution is 2.32. The second-order valence-corrected chi connectivity index (χ2v) is 6.41. The largest absolute Gasteiger partial charge is 0.484 e. The van der Waals surface area contributed by atoms with Crippen molar-refractivity contribution in [3.05, 3.63) is 28.1 Å². The molecule has 0 radical (unpaired) electrons. The zero-order chi connectivity index (χ0) is 14.8. The number of aromatic carboxylic acids is 1. The predicted molar refractivity (Wildman–Crippen MR) is 79.4 cm³/mol. The van der Waals surface area contributed by atoms with E-state index in [0.717, 1.165) is 0 Å². The predicted octanol–water partition coefficient (Wildman–Crippen LogP) is 3.51. The van der Waals surface area contributed by atoms with Gasteiger partial charge < -0.3 is 14.3 Å². The average molecular weight is 308 g/mol. The SMILES string of the molecule is O=C(O)c1cc2sc(OCC3CCCCC3)cc2oc1=O. The summed E-state index contributed by atoms with van der Waals surface area (Å²) in [5, 5.41) is 9.59. The monoisotopic (exact) mass is 308 g/mol. The van der Waals surface area contributed by atoms with E-state index in [4.69, 9.17) is 14.3 Å². The van der Waals surface area contributed by atoms with E-state index in [-0.39, 0.29) is 5.56 Å². The lowest BCUT2D eigenvalue weighted by molar-refractivity contribution is 0.0692. The van der Waals surface area contributed by atoms with Gasteiger partial charge in [-0.25, -0.2) is 9.59 Å². The fourth-order valence-corrected chi connectivity index (χ4v) is 3.55. The minimum absolute atomic E-state index is 0.344. The third kappa shape index (κ3) is 3.10. The van der Waals surface area contributed by atoms with Gasteiger partial charge in [0.1, 0.15) is 5.56 Å². The fraction of sp³-hybridized carbons (Fsp3) is 0.467. The molecule has 0 unspecified atom stereocenters. The molecule has 1 fully saturated rings. The van der Waals surface area contributed by atoms with Gasteiger partial charge in [-0.2, -0.15) is 0 Å². The van der Waals surface area contributed by atoms with E-state index in [1.54, 1.807) is 6.07 Å². The molecule has 0 saturated heterocycles. The summed E-state index contributed by atoms with van der Waals surface area (Å²) in [4.78, 5) is 22.4. The van der Waals surface area contributed by atoms with Crippen LogP contribution in [0.1, 0.15) is 42.5 Å². The summed E-state index contributed by atoms with van der Waals surface area (Å²) < 4.78 is 11.4. The molecule has 5 nitrogen and oxygen atoms in total. The molecule has 21 heavy (non-hydrogen) atoms. The first-order valence-corrected chi connectivity index (χ1v) is 7.89. The van der Waals surface area contributed by atoms with E-state index < -0.39 is 11.6 Å². The van der Waals surface area contributed by atoms with Crippen molar-refractivity contribution in [1.82, 2.24) is 0 Å². The molecule has 0 amide bonds. The summed E-state index contributed by atoms with van der Waals surface area (Å²) >= 11 is 1.31. The van der Waals surface area contributed by atoms with Crippen LogP contribution in [-0.4, -0.2) is 17.7 Å². The minimum Gasteiger partial charge on any atom is -0.484 e. The Morgan fingerprint density at radius 1 is 1.33 bits per heavy atom. The molecule has 2 aromatic heterocycles. The number of carboxylic acid groups (broad SMARTS) is 1. The van der Waals surface area contributed by atoms with Crippen LogP contribution in [-0.2, 0) is 0 Å². The molecule has 1 saturated carbocycles. The molecular formula is C15H16O5S. The number of hydrogen-bond donors (Lipinski definition) is 1. The van der Waals surface area contributed by atoms with Crippen LogP contribution in [0.5, 0.6) is 5.06 Å². The van der Waals surface area contributed by atoms with Gasteiger partial charge in [-0.1, -0.05) is 30.6 Å². The number of thiophene rings is 1. The smallest absolute Gasteiger partial charge is 0.351 e. The van der Waals surface area contributed by atoms with Gasteiger partial charge in [0.05, 0.1) is 11.3 Å². The summed E-state index contributed by atoms with van der Waals surface area (Å²) in [6.45, 7) is 0.669. The molecule has 112 valence electrons. The molecule has 1 N–H and O–H groups in total. The Balaban J connectivity index is 1.77. The molecular weight excluding hydrogens is 292 g/mol. The van der Waals surface area contributed by atoms with E-state index in [0.29, 0.717) is 27.9 Å². The van der Waals surface area contributed by atoms with Crippen LogP contribution in [0.3, 0.4) is 0 Å². The van der Waals surface area contributed by atoms with Crippen LogP contribution in [0, 0.1) is 5.92 Å². The lowest BCUT2D eigenvalue weighted by Gasteiger charge is -2.20. The second-order valence-electron chi connectivity index (χ2n) is 5.36. The Morgan fingerprint density at radius 2 is 2.10 bits per heavy atom. The number of ether oxygens (including phenoxy) is 1. The van der Waals surface area contributed by atoms with Crippen LogP contribution in [0.15, 0.2) is 21.3 Å². The zero-order valence-corrected chi connectivity index (χ0v) is 12.3. The zero-order valence-electron chi connectivity index (χ0n) is 11.5. The van der Waals surface area contributed by atoms with E-state index in [1.165, 1.54) is 49.5 Å². The highest BCUT2D eigenvalue weighted by Gasteiger charge is 2.17. The van der Waals surface area contributed by atoms with Gasteiger partial charge in [0.2, 0.25) is 0 Å². The van der Waals surface area contributed by atoms with Gasteiger partial charge in [-0.05, 0) is 24.8 Å². The summed E-state index contributed by atoms with van der Waals surface area (Å²) in [5.41, 5.74) is -0.788. The third-order valence-electron chi connectivity index (χ3n) is 3.82. The Bertz CT molecular complexity index is 708. The molecule has 3 rings (SSSR count). The molecule has 0 bridgehead atoms. The normalized spacial score (nSPS) is 16.2. The van der Waals surface area contributed by atoms with Crippen molar-refractivity contribution in [3.63, 3.8) is 0 Å². The number of carboxylic acids is 1. The first-order valence-electron chi connectivity index (χ1n) is 7.07. The van der Waals surface area contributed by atoms with Crippen molar-refractivity contribution in [2.24, 2.45) is 5.92 Å². The molecule has 0 atom stereocenters. The lowest BCUT2D eigenvalue weighted by atomic mass is 9.90. The van der Waals surface area contributed by atoms with E-state index >= 15 is 0 Å². The quantitative estimate of drug-likeness (QED) is 0.935. The van der Waals surface area contributed by atoms with Crippen molar-refractivity contribution < 1.29 is 19.1 Å². The molecule has 2 heterocycles. The topological polar surface area (TPSA) is 76.7 Å². The third-order valence-corrected chi connectivity index (χ3v) is 4.79. The molecule has 2 aromatic rings. The number of carbonyl (C=O) groups is 1. The Kier molecular flexibility index (Phi) is 3.96. The van der Waals surface area contributed by atoms with Crippen molar-refractivity contribution in [2.45, 2.75) is 32.1 Å². The van der Waals surface area contributed by atoms with Crippen LogP contribution in [0.4, 0.5) is 0 Å². The van der Waals surface area contributed by atoms with Crippen molar-refractivity contribution >= 4 is 27.6 Å². The van der Waals surface area contributed by atoms with Gasteiger partial charge in [0.15, 0.2) is 10.6 Å². The van der Waals surface area contributed by atoms with Gasteiger partial charge in [-0.15, -0.1) is 0 Å². The average Bonchev–Trinajstić information content (AvgIpc) is 2.87. The molecule has 0 aliphatic heterocycles. The summed E-state index contributed by atoms with van der Waals surface area (Å²) in [6.07, 6.45) is 6.23. The van der Waals surface area contributed by atoms with Crippen molar-refractivity contribution in [3.8, 4) is 5.06 Å². The minimum atomic E-state index is -1.27. The Labute approximate surface area is 125 Å². The standard InChI is InChI=1S/C15H16O5S/c16-14(17)10-6-12-11(20-15(10)18)7-13(21-12)19-8-9-4-2-1-3-5-9/h6-7,9H,1-5,8H2,(H,16,17). The van der Waals surface area contributed by atoms with Crippen LogP contribution in [0.2, 0.25) is 0 Å². The van der Waals surface area contributed by atoms with Crippen molar-refractivity contribution in [2.75, 3.05) is 6.61 Å². The molecule has 1 aliphatic rings. The summed E-state index contributed by atoms with van der Waals surface area (Å²) in [6, 6.07) is 3.01. The molecule has 1 aliphatic carbocycles. The maximum atomic E-state index is 11.5. The summed E-state index contributed by atoms with van der Waals surface area (Å²) in [7, 11) is 0. The summed E-state index contributed by atoms with van der Waals surface area (Å²) in [5.74, 6) is -0.686. The molecule has 0 aromatic carbocycles. The van der Waals surface area contributed by atoms with E-state index in [1.807, 2.05) is 0 Å². The lowest BCUT2D eigenvalue weighted by Crippen LogP contribution is -2.14. The van der Waals surface area contributed by atoms with Gasteiger partial charge in [0, 0.05) is 6.07 Å². The van der Waals surface area contributed by atoms with Crippen molar-refractivity contribution in [1.29, 1.82) is 0 Å². The van der Waals surface area contributed by atoms with Crippen LogP contribution in [0.25, 0.3) is 10.3 Å². The first kappa shape index (κ1) is 14.1. The maximum absolute atomic E-state index is 11.5. The van der Waals surface area contributed by atoms with E-state index in [9.17, 15) is 9.59 Å². The van der Waals surface area contributed by atoms with Gasteiger partial charge >= 0.3 is 11.6 Å². The number of rotatable bonds is 4. The van der Waals surface area contributed by atoms with Gasteiger partial charge in [-0.3, -0.25) is 0 Å². The second kappa shape index (κ2) is 5.89. The maximum Gasteiger partial charge on any atom is 0.351 e. The highest BCUT2D eigenvalue weighted by atomic mass is 32.1. The first-order chi connectivity index (χ1) is 10.1. The van der Waals surface area contributed by atoms with Crippen LogP contribution >= 0.6 is 11.3 Å². The fourth-order valence-electron chi connectivity index (χ4n) is 2.67. The number of fused-ring (bicyclic) bond motifs is 1. The van der Waals surface area contributed by atoms with Gasteiger partial charge in [0.25, 0.3) is 0 Å². The number of hydrogen-bond acceptors (Lipinski definition) is 5. The highest BCUT2D eigenvalue weighted by molar-refractivity contribution is 7.20. The van der Waals surface area contributed by atoms with Crippen LogP contribution < -0.4 is 10.4 Å². The molecule has 0 spiro atoms. The molecule has 6 heteroatoms.